The Morgan fingerprint density at radius 3 is 2.79 bits per heavy atom. The molecular weight excluding hydrogens is 565 g/mol. The average Bonchev–Trinajstić information content (AvgIpc) is 3.19. The SMILES string of the molecule is N#CC(=CNc1ccc(I)cc1)c1nc(-c2cc3cc(Br)ccc3oc2=O)cs1. The first kappa shape index (κ1) is 19.8. The first-order valence-corrected chi connectivity index (χ1v) is 11.1. The van der Waals surface area contributed by atoms with Crippen molar-refractivity contribution in [1.82, 2.24) is 4.98 Å². The first-order valence-electron chi connectivity index (χ1n) is 8.35. The van der Waals surface area contributed by atoms with Gasteiger partial charge in [0.2, 0.25) is 0 Å². The molecule has 1 N–H and O–H groups in total. The van der Waals surface area contributed by atoms with Crippen LogP contribution < -0.4 is 10.9 Å². The second-order valence-electron chi connectivity index (χ2n) is 5.99. The summed E-state index contributed by atoms with van der Waals surface area (Å²) in [5, 5.41) is 15.7. The van der Waals surface area contributed by atoms with Crippen molar-refractivity contribution in [3.8, 4) is 17.3 Å². The molecule has 2 aromatic carbocycles. The van der Waals surface area contributed by atoms with Crippen LogP contribution in [-0.4, -0.2) is 4.98 Å². The van der Waals surface area contributed by atoms with E-state index in [0.717, 1.165) is 19.1 Å². The van der Waals surface area contributed by atoms with E-state index in [-0.39, 0.29) is 0 Å². The standard InChI is InChI=1S/C21H11BrIN3O2S/c22-14-1-6-19-12(7-14)8-17(21(27)28-19)18-11-29-20(26-18)13(9-24)10-25-16-4-2-15(23)3-5-16/h1-8,10-11,25H. The van der Waals surface area contributed by atoms with E-state index in [9.17, 15) is 10.1 Å². The molecule has 0 amide bonds. The van der Waals surface area contributed by atoms with Crippen LogP contribution >= 0.6 is 49.9 Å². The van der Waals surface area contributed by atoms with Gasteiger partial charge in [-0.25, -0.2) is 9.78 Å². The van der Waals surface area contributed by atoms with Gasteiger partial charge in [-0.15, -0.1) is 11.3 Å². The molecule has 4 aromatic rings. The predicted octanol–water partition coefficient (Wildman–Crippen LogP) is 6.26. The van der Waals surface area contributed by atoms with Crippen LogP contribution in [0.15, 0.2) is 73.8 Å². The highest BCUT2D eigenvalue weighted by molar-refractivity contribution is 14.1. The van der Waals surface area contributed by atoms with Gasteiger partial charge in [-0.1, -0.05) is 15.9 Å². The summed E-state index contributed by atoms with van der Waals surface area (Å²) in [6.45, 7) is 0. The summed E-state index contributed by atoms with van der Waals surface area (Å²) in [5.74, 6) is 0. The molecule has 0 spiro atoms. The Morgan fingerprint density at radius 2 is 2.03 bits per heavy atom. The van der Waals surface area contributed by atoms with E-state index in [1.54, 1.807) is 23.7 Å². The zero-order valence-corrected chi connectivity index (χ0v) is 19.2. The summed E-state index contributed by atoms with van der Waals surface area (Å²) < 4.78 is 7.43. The third kappa shape index (κ3) is 4.42. The summed E-state index contributed by atoms with van der Waals surface area (Å²) in [6, 6.07) is 17.1. The number of nitrogens with one attached hydrogen (secondary N) is 1. The second kappa shape index (κ2) is 8.49. The molecule has 0 saturated carbocycles. The van der Waals surface area contributed by atoms with Crippen molar-refractivity contribution in [3.05, 3.63) is 83.6 Å². The quantitative estimate of drug-likeness (QED) is 0.176. The number of hydrogen-bond acceptors (Lipinski definition) is 6. The molecule has 5 nitrogen and oxygen atoms in total. The zero-order valence-electron chi connectivity index (χ0n) is 14.6. The third-order valence-electron chi connectivity index (χ3n) is 4.05. The van der Waals surface area contributed by atoms with Gasteiger partial charge in [0.05, 0.1) is 11.3 Å². The predicted molar refractivity (Wildman–Crippen MR) is 128 cm³/mol. The molecule has 0 atom stereocenters. The van der Waals surface area contributed by atoms with Gasteiger partial charge in [-0.05, 0) is 71.1 Å². The van der Waals surface area contributed by atoms with Gasteiger partial charge in [0.15, 0.2) is 0 Å². The van der Waals surface area contributed by atoms with E-state index < -0.39 is 5.63 Å². The van der Waals surface area contributed by atoms with Crippen LogP contribution in [0.4, 0.5) is 5.69 Å². The van der Waals surface area contributed by atoms with Crippen molar-refractivity contribution < 1.29 is 4.42 Å². The molecule has 8 heteroatoms. The topological polar surface area (TPSA) is 78.9 Å². The number of aromatic nitrogens is 1. The minimum Gasteiger partial charge on any atom is -0.422 e. The molecule has 0 bridgehead atoms. The van der Waals surface area contributed by atoms with E-state index in [1.807, 2.05) is 36.4 Å². The second-order valence-corrected chi connectivity index (χ2v) is 9.01. The van der Waals surface area contributed by atoms with Gasteiger partial charge in [-0.2, -0.15) is 5.26 Å². The van der Waals surface area contributed by atoms with Crippen LogP contribution in [0.25, 0.3) is 27.8 Å². The molecular formula is C21H11BrIN3O2S. The lowest BCUT2D eigenvalue weighted by molar-refractivity contribution is 0.563. The molecule has 0 aliphatic rings. The maximum Gasteiger partial charge on any atom is 0.345 e. The number of nitriles is 1. The Kier molecular flexibility index (Phi) is 5.80. The van der Waals surface area contributed by atoms with Gasteiger partial charge >= 0.3 is 5.63 Å². The molecule has 0 radical (unpaired) electrons. The summed E-state index contributed by atoms with van der Waals surface area (Å²) in [7, 11) is 0. The lowest BCUT2D eigenvalue weighted by Crippen LogP contribution is -2.03. The van der Waals surface area contributed by atoms with Crippen LogP contribution in [-0.2, 0) is 0 Å². The van der Waals surface area contributed by atoms with Gasteiger partial charge < -0.3 is 9.73 Å². The molecule has 0 aliphatic heterocycles. The number of thiazole rings is 1. The maximum atomic E-state index is 12.4. The van der Waals surface area contributed by atoms with Crippen LogP contribution in [0.1, 0.15) is 5.01 Å². The third-order valence-corrected chi connectivity index (χ3v) is 6.14. The Bertz CT molecular complexity index is 1340. The summed E-state index contributed by atoms with van der Waals surface area (Å²) in [6.07, 6.45) is 1.62. The lowest BCUT2D eigenvalue weighted by Gasteiger charge is -2.01. The summed E-state index contributed by atoms with van der Waals surface area (Å²) >= 11 is 6.95. The van der Waals surface area contributed by atoms with Gasteiger partial charge in [0, 0.05) is 30.7 Å². The summed E-state index contributed by atoms with van der Waals surface area (Å²) in [4.78, 5) is 16.9. The van der Waals surface area contributed by atoms with Crippen molar-refractivity contribution in [2.75, 3.05) is 5.32 Å². The maximum absolute atomic E-state index is 12.4. The number of rotatable bonds is 4. The molecule has 0 fully saturated rings. The monoisotopic (exact) mass is 575 g/mol. The number of allylic oxidation sites excluding steroid dienone is 1. The number of anilines is 1. The molecule has 0 unspecified atom stereocenters. The fourth-order valence-corrected chi connectivity index (χ4v) is 4.16. The highest BCUT2D eigenvalue weighted by Gasteiger charge is 2.14. The van der Waals surface area contributed by atoms with Crippen LogP contribution in [0.5, 0.6) is 0 Å². The van der Waals surface area contributed by atoms with Crippen LogP contribution in [0, 0.1) is 14.9 Å². The number of benzene rings is 2. The number of halogens is 2. The molecule has 29 heavy (non-hydrogen) atoms. The normalized spacial score (nSPS) is 11.4. The minimum atomic E-state index is -0.462. The smallest absolute Gasteiger partial charge is 0.345 e. The van der Waals surface area contributed by atoms with Gasteiger partial charge in [-0.3, -0.25) is 0 Å². The van der Waals surface area contributed by atoms with E-state index in [0.29, 0.717) is 27.4 Å². The first-order chi connectivity index (χ1) is 14.0. The van der Waals surface area contributed by atoms with Gasteiger partial charge in [0.25, 0.3) is 0 Å². The van der Waals surface area contributed by atoms with Crippen molar-refractivity contribution in [2.24, 2.45) is 0 Å². The van der Waals surface area contributed by atoms with Gasteiger partial charge in [0.1, 0.15) is 22.2 Å². The van der Waals surface area contributed by atoms with Crippen LogP contribution in [0.3, 0.4) is 0 Å². The zero-order chi connectivity index (χ0) is 20.4. The lowest BCUT2D eigenvalue weighted by atomic mass is 10.1. The molecule has 2 aromatic heterocycles. The highest BCUT2D eigenvalue weighted by Crippen LogP contribution is 2.27. The largest absolute Gasteiger partial charge is 0.422 e. The molecule has 142 valence electrons. The highest BCUT2D eigenvalue weighted by atomic mass is 127. The van der Waals surface area contributed by atoms with E-state index in [2.05, 4.69) is 54.9 Å². The number of hydrogen-bond donors (Lipinski definition) is 1. The van der Waals surface area contributed by atoms with Crippen molar-refractivity contribution in [1.29, 1.82) is 5.26 Å². The van der Waals surface area contributed by atoms with Crippen molar-refractivity contribution in [3.63, 3.8) is 0 Å². The Labute approximate surface area is 192 Å². The van der Waals surface area contributed by atoms with Crippen molar-refractivity contribution in [2.45, 2.75) is 0 Å². The molecule has 4 rings (SSSR count). The number of fused-ring (bicyclic) bond motifs is 1. The van der Waals surface area contributed by atoms with E-state index in [4.69, 9.17) is 4.42 Å². The molecule has 2 heterocycles. The Morgan fingerprint density at radius 1 is 1.24 bits per heavy atom. The number of nitrogens with zero attached hydrogens (tertiary/aromatic N) is 2. The minimum absolute atomic E-state index is 0.362. The molecule has 0 aliphatic carbocycles. The fourth-order valence-electron chi connectivity index (χ4n) is 2.64. The Balaban J connectivity index is 1.66. The van der Waals surface area contributed by atoms with E-state index in [1.165, 1.54) is 11.3 Å². The fraction of sp³-hybridized carbons (Fsp3) is 0. The summed E-state index contributed by atoms with van der Waals surface area (Å²) in [5.41, 5.74) is 2.15. The van der Waals surface area contributed by atoms with Crippen LogP contribution in [0.2, 0.25) is 0 Å². The molecule has 0 saturated heterocycles. The van der Waals surface area contributed by atoms with Crippen molar-refractivity contribution >= 4 is 72.1 Å². The Hall–Kier alpha value is -2.48. The van der Waals surface area contributed by atoms with E-state index >= 15 is 0 Å². The average molecular weight is 576 g/mol.